The summed E-state index contributed by atoms with van der Waals surface area (Å²) >= 11 is 0. The SMILES string of the molecule is COc1cc2c(-c3ccc(O)c(F)c3)c3c(nc2cc1O)COC3=O. The summed E-state index contributed by atoms with van der Waals surface area (Å²) in [5.41, 5.74) is 1.86. The molecule has 0 fully saturated rings. The highest BCUT2D eigenvalue weighted by molar-refractivity contribution is 6.09. The third kappa shape index (κ3) is 2.24. The van der Waals surface area contributed by atoms with Crippen LogP contribution < -0.4 is 4.74 Å². The molecule has 0 aliphatic carbocycles. The molecule has 2 N–H and O–H groups in total. The Balaban J connectivity index is 2.14. The highest BCUT2D eigenvalue weighted by Gasteiger charge is 2.30. The second-order valence-electron chi connectivity index (χ2n) is 5.59. The summed E-state index contributed by atoms with van der Waals surface area (Å²) in [4.78, 5) is 16.6. The standard InChI is InChI=1S/C18H12FNO5/c1-24-15-5-9-11(6-14(15)22)20-12-7-25-18(23)17(12)16(9)8-2-3-13(21)10(19)4-8/h2-6,21-22H,7H2,1H3. The van der Waals surface area contributed by atoms with Crippen molar-refractivity contribution in [1.82, 2.24) is 4.98 Å². The molecule has 6 nitrogen and oxygen atoms in total. The van der Waals surface area contributed by atoms with Crippen molar-refractivity contribution in [3.8, 4) is 28.4 Å². The maximum atomic E-state index is 13.9. The van der Waals surface area contributed by atoms with Gasteiger partial charge in [-0.1, -0.05) is 6.07 Å². The Kier molecular flexibility index (Phi) is 3.24. The van der Waals surface area contributed by atoms with Crippen molar-refractivity contribution in [3.63, 3.8) is 0 Å². The van der Waals surface area contributed by atoms with Gasteiger partial charge < -0.3 is 19.7 Å². The topological polar surface area (TPSA) is 88.9 Å². The molecule has 2 aromatic carbocycles. The Morgan fingerprint density at radius 1 is 1.16 bits per heavy atom. The van der Waals surface area contributed by atoms with Crippen LogP contribution >= 0.6 is 0 Å². The van der Waals surface area contributed by atoms with E-state index >= 15 is 0 Å². The van der Waals surface area contributed by atoms with Gasteiger partial charge in [0.05, 0.1) is 23.9 Å². The zero-order valence-corrected chi connectivity index (χ0v) is 13.0. The molecule has 1 aromatic heterocycles. The van der Waals surface area contributed by atoms with Crippen LogP contribution in [-0.2, 0) is 11.3 Å². The minimum absolute atomic E-state index is 0.00443. The summed E-state index contributed by atoms with van der Waals surface area (Å²) in [5, 5.41) is 19.9. The molecule has 0 saturated heterocycles. The first-order valence-corrected chi connectivity index (χ1v) is 7.39. The lowest BCUT2D eigenvalue weighted by molar-refractivity contribution is 0.0534. The first-order valence-electron chi connectivity index (χ1n) is 7.39. The number of methoxy groups -OCH3 is 1. The average molecular weight is 341 g/mol. The van der Waals surface area contributed by atoms with Crippen LogP contribution in [0.2, 0.25) is 0 Å². The maximum Gasteiger partial charge on any atom is 0.341 e. The quantitative estimate of drug-likeness (QED) is 0.696. The molecule has 4 rings (SSSR count). The fourth-order valence-corrected chi connectivity index (χ4v) is 2.99. The van der Waals surface area contributed by atoms with Crippen molar-refractivity contribution in [2.24, 2.45) is 0 Å². The van der Waals surface area contributed by atoms with Gasteiger partial charge in [-0.3, -0.25) is 0 Å². The van der Waals surface area contributed by atoms with Gasteiger partial charge >= 0.3 is 5.97 Å². The largest absolute Gasteiger partial charge is 0.505 e. The summed E-state index contributed by atoms with van der Waals surface area (Å²) in [5.74, 6) is -1.76. The molecule has 1 aliphatic heterocycles. The molecule has 0 radical (unpaired) electrons. The van der Waals surface area contributed by atoms with Crippen molar-refractivity contribution in [2.45, 2.75) is 6.61 Å². The molecule has 0 unspecified atom stereocenters. The molecule has 126 valence electrons. The third-order valence-corrected chi connectivity index (χ3v) is 4.14. The van der Waals surface area contributed by atoms with Crippen molar-refractivity contribution in [1.29, 1.82) is 0 Å². The van der Waals surface area contributed by atoms with Gasteiger partial charge in [-0.05, 0) is 23.8 Å². The van der Waals surface area contributed by atoms with Crippen LogP contribution in [0.3, 0.4) is 0 Å². The monoisotopic (exact) mass is 341 g/mol. The number of benzene rings is 2. The Morgan fingerprint density at radius 3 is 2.68 bits per heavy atom. The normalized spacial score (nSPS) is 13.0. The molecule has 0 saturated carbocycles. The Bertz CT molecular complexity index is 1050. The molecule has 1 aliphatic rings. The number of pyridine rings is 1. The van der Waals surface area contributed by atoms with E-state index in [0.29, 0.717) is 27.7 Å². The number of ether oxygens (including phenoxy) is 2. The van der Waals surface area contributed by atoms with Crippen molar-refractivity contribution >= 4 is 16.9 Å². The van der Waals surface area contributed by atoms with Gasteiger partial charge in [-0.25, -0.2) is 14.2 Å². The summed E-state index contributed by atoms with van der Waals surface area (Å²) < 4.78 is 24.1. The number of cyclic esters (lactones) is 1. The lowest BCUT2D eigenvalue weighted by Gasteiger charge is -2.13. The van der Waals surface area contributed by atoms with E-state index < -0.39 is 17.5 Å². The van der Waals surface area contributed by atoms with Crippen LogP contribution in [0.25, 0.3) is 22.0 Å². The molecule has 0 spiro atoms. The molecular weight excluding hydrogens is 329 g/mol. The summed E-state index contributed by atoms with van der Waals surface area (Å²) in [6, 6.07) is 6.79. The predicted octanol–water partition coefficient (Wildman–Crippen LogP) is 3.13. The van der Waals surface area contributed by atoms with E-state index in [1.807, 2.05) is 0 Å². The molecule has 0 bridgehead atoms. The zero-order valence-electron chi connectivity index (χ0n) is 13.0. The van der Waals surface area contributed by atoms with Gasteiger partial charge in [0, 0.05) is 17.0 Å². The lowest BCUT2D eigenvalue weighted by Crippen LogP contribution is -2.01. The number of halogens is 1. The maximum absolute atomic E-state index is 13.9. The average Bonchev–Trinajstić information content (AvgIpc) is 2.95. The number of hydrogen-bond acceptors (Lipinski definition) is 6. The van der Waals surface area contributed by atoms with Gasteiger partial charge in [0.25, 0.3) is 0 Å². The number of hydrogen-bond donors (Lipinski definition) is 2. The highest BCUT2D eigenvalue weighted by Crippen LogP contribution is 2.41. The van der Waals surface area contributed by atoms with Crippen molar-refractivity contribution in [3.05, 3.63) is 47.4 Å². The molecule has 3 aromatic rings. The van der Waals surface area contributed by atoms with Crippen LogP contribution in [-0.4, -0.2) is 28.3 Å². The number of nitrogens with zero attached hydrogens (tertiary/aromatic N) is 1. The van der Waals surface area contributed by atoms with Gasteiger partial charge in [-0.2, -0.15) is 0 Å². The Labute approximate surface area is 141 Å². The van der Waals surface area contributed by atoms with Crippen LogP contribution in [0.15, 0.2) is 30.3 Å². The van der Waals surface area contributed by atoms with E-state index in [0.717, 1.165) is 6.07 Å². The lowest BCUT2D eigenvalue weighted by atomic mass is 9.94. The summed E-state index contributed by atoms with van der Waals surface area (Å²) in [6.07, 6.45) is 0. The van der Waals surface area contributed by atoms with Crippen molar-refractivity contribution < 1.29 is 28.9 Å². The van der Waals surface area contributed by atoms with Crippen LogP contribution in [0.4, 0.5) is 4.39 Å². The molecule has 7 heteroatoms. The number of rotatable bonds is 2. The van der Waals surface area contributed by atoms with E-state index in [1.165, 1.54) is 31.4 Å². The predicted molar refractivity (Wildman–Crippen MR) is 86.1 cm³/mol. The highest BCUT2D eigenvalue weighted by atomic mass is 19.1. The van der Waals surface area contributed by atoms with E-state index in [4.69, 9.17) is 9.47 Å². The van der Waals surface area contributed by atoms with Gasteiger partial charge in [0.2, 0.25) is 0 Å². The third-order valence-electron chi connectivity index (χ3n) is 4.14. The number of aromatic hydroxyl groups is 2. The first kappa shape index (κ1) is 15.2. The number of phenols is 2. The number of phenolic OH excluding ortho intramolecular Hbond substituents is 2. The van der Waals surface area contributed by atoms with E-state index in [9.17, 15) is 19.4 Å². The van der Waals surface area contributed by atoms with Crippen LogP contribution in [0.1, 0.15) is 16.1 Å². The second kappa shape index (κ2) is 5.34. The first-order chi connectivity index (χ1) is 12.0. The summed E-state index contributed by atoms with van der Waals surface area (Å²) in [6.45, 7) is 0.00443. The molecule has 0 atom stereocenters. The Hall–Kier alpha value is -3.35. The van der Waals surface area contributed by atoms with E-state index in [1.54, 1.807) is 0 Å². The van der Waals surface area contributed by atoms with Gasteiger partial charge in [0.1, 0.15) is 6.61 Å². The molecule has 0 amide bonds. The van der Waals surface area contributed by atoms with E-state index in [2.05, 4.69) is 4.98 Å². The summed E-state index contributed by atoms with van der Waals surface area (Å²) in [7, 11) is 1.40. The zero-order chi connectivity index (χ0) is 17.7. The molecular formula is C18H12FNO5. The van der Waals surface area contributed by atoms with Crippen molar-refractivity contribution in [2.75, 3.05) is 7.11 Å². The Morgan fingerprint density at radius 2 is 1.96 bits per heavy atom. The fraction of sp³-hybridized carbons (Fsp3) is 0.111. The fourth-order valence-electron chi connectivity index (χ4n) is 2.99. The second-order valence-corrected chi connectivity index (χ2v) is 5.59. The molecule has 25 heavy (non-hydrogen) atoms. The number of fused-ring (bicyclic) bond motifs is 2. The number of carbonyl (C=O) groups is 1. The van der Waals surface area contributed by atoms with Crippen LogP contribution in [0.5, 0.6) is 17.2 Å². The number of aromatic nitrogens is 1. The number of carbonyl (C=O) groups excluding carboxylic acids is 1. The van der Waals surface area contributed by atoms with Crippen LogP contribution in [0, 0.1) is 5.82 Å². The minimum atomic E-state index is -0.812. The molecule has 2 heterocycles. The number of esters is 1. The minimum Gasteiger partial charge on any atom is -0.505 e. The smallest absolute Gasteiger partial charge is 0.341 e. The van der Waals surface area contributed by atoms with E-state index in [-0.39, 0.29) is 23.7 Å². The van der Waals surface area contributed by atoms with Gasteiger partial charge in [-0.15, -0.1) is 0 Å². The van der Waals surface area contributed by atoms with Gasteiger partial charge in [0.15, 0.2) is 23.1 Å².